The quantitative estimate of drug-likeness (QED) is 0.861. The fraction of sp³-hybridized carbons (Fsp3) is 0.571. The lowest BCUT2D eigenvalue weighted by Crippen LogP contribution is -2.43. The molecule has 1 aromatic rings. The first-order valence-corrected chi connectivity index (χ1v) is 6.85. The van der Waals surface area contributed by atoms with Gasteiger partial charge in [-0.05, 0) is 25.0 Å². The SMILES string of the molecule is Nc1ccc(C(=O)N(CCO)C2CCCCC2)nc1. The standard InChI is InChI=1S/C14H21N3O2/c15-11-6-7-13(16-10-11)14(19)17(8-9-18)12-4-2-1-3-5-12/h6-7,10,12,18H,1-5,8-9,15H2. The molecule has 0 radical (unpaired) electrons. The molecule has 5 nitrogen and oxygen atoms in total. The average molecular weight is 263 g/mol. The summed E-state index contributed by atoms with van der Waals surface area (Å²) in [5.41, 5.74) is 6.52. The molecule has 1 fully saturated rings. The molecule has 3 N–H and O–H groups in total. The molecule has 2 rings (SSSR count). The normalized spacial score (nSPS) is 16.3. The summed E-state index contributed by atoms with van der Waals surface area (Å²) in [6.45, 7) is 0.354. The zero-order chi connectivity index (χ0) is 13.7. The van der Waals surface area contributed by atoms with Gasteiger partial charge in [-0.1, -0.05) is 19.3 Å². The molecule has 1 amide bonds. The fourth-order valence-electron chi connectivity index (χ4n) is 2.63. The zero-order valence-electron chi connectivity index (χ0n) is 11.1. The number of aliphatic hydroxyl groups excluding tert-OH is 1. The third kappa shape index (κ3) is 3.44. The molecule has 0 aromatic carbocycles. The molecule has 0 aliphatic heterocycles. The van der Waals surface area contributed by atoms with E-state index in [1.165, 1.54) is 12.6 Å². The van der Waals surface area contributed by atoms with Crippen LogP contribution in [0.5, 0.6) is 0 Å². The van der Waals surface area contributed by atoms with Crippen LogP contribution in [0.15, 0.2) is 18.3 Å². The van der Waals surface area contributed by atoms with Crippen molar-refractivity contribution in [1.82, 2.24) is 9.88 Å². The molecule has 1 heterocycles. The third-order valence-corrected chi connectivity index (χ3v) is 3.62. The Balaban J connectivity index is 2.13. The number of amides is 1. The number of aromatic nitrogens is 1. The summed E-state index contributed by atoms with van der Waals surface area (Å²) in [7, 11) is 0. The van der Waals surface area contributed by atoms with E-state index in [0.717, 1.165) is 25.7 Å². The monoisotopic (exact) mass is 263 g/mol. The number of nitrogen functional groups attached to an aromatic ring is 1. The number of hydrogen-bond donors (Lipinski definition) is 2. The Morgan fingerprint density at radius 2 is 2.11 bits per heavy atom. The zero-order valence-corrected chi connectivity index (χ0v) is 11.1. The smallest absolute Gasteiger partial charge is 0.272 e. The van der Waals surface area contributed by atoms with Crippen molar-refractivity contribution in [2.45, 2.75) is 38.1 Å². The first kappa shape index (κ1) is 13.8. The van der Waals surface area contributed by atoms with Crippen LogP contribution in [0.1, 0.15) is 42.6 Å². The minimum absolute atomic E-state index is 0.0167. The number of nitrogens with two attached hydrogens (primary N) is 1. The molecule has 5 heteroatoms. The van der Waals surface area contributed by atoms with Crippen molar-refractivity contribution in [3.63, 3.8) is 0 Å². The molecule has 0 saturated heterocycles. The maximum atomic E-state index is 12.5. The maximum absolute atomic E-state index is 12.5. The predicted octanol–water partition coefficient (Wildman–Crippen LogP) is 1.43. The van der Waals surface area contributed by atoms with Crippen LogP contribution in [0.25, 0.3) is 0 Å². The second-order valence-corrected chi connectivity index (χ2v) is 4.99. The molecular weight excluding hydrogens is 242 g/mol. The van der Waals surface area contributed by atoms with Gasteiger partial charge < -0.3 is 15.7 Å². The van der Waals surface area contributed by atoms with E-state index in [-0.39, 0.29) is 18.6 Å². The van der Waals surface area contributed by atoms with Crippen molar-refractivity contribution in [3.8, 4) is 0 Å². The molecule has 19 heavy (non-hydrogen) atoms. The second kappa shape index (κ2) is 6.52. The van der Waals surface area contributed by atoms with Crippen molar-refractivity contribution in [2.24, 2.45) is 0 Å². The van der Waals surface area contributed by atoms with Crippen LogP contribution in [0.4, 0.5) is 5.69 Å². The van der Waals surface area contributed by atoms with Gasteiger partial charge in [-0.15, -0.1) is 0 Å². The minimum atomic E-state index is -0.110. The van der Waals surface area contributed by atoms with Gasteiger partial charge in [-0.25, -0.2) is 4.98 Å². The van der Waals surface area contributed by atoms with E-state index in [2.05, 4.69) is 4.98 Å². The summed E-state index contributed by atoms with van der Waals surface area (Å²) < 4.78 is 0. The fourth-order valence-corrected chi connectivity index (χ4v) is 2.63. The number of carbonyl (C=O) groups is 1. The third-order valence-electron chi connectivity index (χ3n) is 3.62. The Morgan fingerprint density at radius 3 is 2.68 bits per heavy atom. The van der Waals surface area contributed by atoms with Gasteiger partial charge in [0.25, 0.3) is 5.91 Å². The van der Waals surface area contributed by atoms with Crippen LogP contribution in [0, 0.1) is 0 Å². The van der Waals surface area contributed by atoms with Gasteiger partial charge in [0, 0.05) is 12.6 Å². The van der Waals surface area contributed by atoms with Crippen molar-refractivity contribution in [2.75, 3.05) is 18.9 Å². The summed E-state index contributed by atoms with van der Waals surface area (Å²) in [5.74, 6) is -0.110. The summed E-state index contributed by atoms with van der Waals surface area (Å²) in [6.07, 6.45) is 7.05. The van der Waals surface area contributed by atoms with Crippen LogP contribution in [-0.4, -0.2) is 40.1 Å². The highest BCUT2D eigenvalue weighted by Crippen LogP contribution is 2.23. The van der Waals surface area contributed by atoms with Gasteiger partial charge in [-0.3, -0.25) is 4.79 Å². The summed E-state index contributed by atoms with van der Waals surface area (Å²) in [4.78, 5) is 18.3. The Bertz CT molecular complexity index is 413. The van der Waals surface area contributed by atoms with Crippen molar-refractivity contribution in [1.29, 1.82) is 0 Å². The first-order chi connectivity index (χ1) is 9.22. The summed E-state index contributed by atoms with van der Waals surface area (Å²) >= 11 is 0. The van der Waals surface area contributed by atoms with E-state index in [1.54, 1.807) is 17.0 Å². The Labute approximate surface area is 113 Å². The molecule has 0 unspecified atom stereocenters. The van der Waals surface area contributed by atoms with Crippen LogP contribution in [0.3, 0.4) is 0 Å². The lowest BCUT2D eigenvalue weighted by molar-refractivity contribution is 0.0579. The van der Waals surface area contributed by atoms with Crippen LogP contribution in [-0.2, 0) is 0 Å². The molecule has 0 atom stereocenters. The van der Waals surface area contributed by atoms with Gasteiger partial charge in [0.15, 0.2) is 0 Å². The molecule has 1 aliphatic carbocycles. The van der Waals surface area contributed by atoms with E-state index in [1.807, 2.05) is 0 Å². The van der Waals surface area contributed by atoms with E-state index in [4.69, 9.17) is 5.73 Å². The van der Waals surface area contributed by atoms with Gasteiger partial charge >= 0.3 is 0 Å². The number of aliphatic hydroxyl groups is 1. The van der Waals surface area contributed by atoms with Gasteiger partial charge in [-0.2, -0.15) is 0 Å². The predicted molar refractivity (Wildman–Crippen MR) is 73.6 cm³/mol. The van der Waals surface area contributed by atoms with E-state index >= 15 is 0 Å². The first-order valence-electron chi connectivity index (χ1n) is 6.85. The number of anilines is 1. The largest absolute Gasteiger partial charge is 0.397 e. The van der Waals surface area contributed by atoms with Gasteiger partial charge in [0.1, 0.15) is 5.69 Å². The van der Waals surface area contributed by atoms with Gasteiger partial charge in [0.05, 0.1) is 18.5 Å². The highest BCUT2D eigenvalue weighted by molar-refractivity contribution is 5.92. The molecule has 0 spiro atoms. The highest BCUT2D eigenvalue weighted by atomic mass is 16.3. The van der Waals surface area contributed by atoms with E-state index in [0.29, 0.717) is 17.9 Å². The van der Waals surface area contributed by atoms with Gasteiger partial charge in [0.2, 0.25) is 0 Å². The highest BCUT2D eigenvalue weighted by Gasteiger charge is 2.26. The number of nitrogens with zero attached hydrogens (tertiary/aromatic N) is 2. The maximum Gasteiger partial charge on any atom is 0.272 e. The Morgan fingerprint density at radius 1 is 1.37 bits per heavy atom. The van der Waals surface area contributed by atoms with Crippen molar-refractivity contribution < 1.29 is 9.90 Å². The lowest BCUT2D eigenvalue weighted by Gasteiger charge is -2.33. The van der Waals surface area contributed by atoms with Crippen LogP contribution < -0.4 is 5.73 Å². The second-order valence-electron chi connectivity index (χ2n) is 4.99. The Kier molecular flexibility index (Phi) is 4.74. The van der Waals surface area contributed by atoms with Crippen LogP contribution in [0.2, 0.25) is 0 Å². The molecule has 0 bridgehead atoms. The summed E-state index contributed by atoms with van der Waals surface area (Å²) in [5, 5.41) is 9.17. The average Bonchev–Trinajstić information content (AvgIpc) is 2.46. The molecule has 1 aromatic heterocycles. The van der Waals surface area contributed by atoms with E-state index in [9.17, 15) is 9.90 Å². The van der Waals surface area contributed by atoms with Crippen LogP contribution >= 0.6 is 0 Å². The number of rotatable bonds is 4. The van der Waals surface area contributed by atoms with Crippen molar-refractivity contribution in [3.05, 3.63) is 24.0 Å². The molecule has 104 valence electrons. The molecule has 1 aliphatic rings. The number of pyridine rings is 1. The lowest BCUT2D eigenvalue weighted by atomic mass is 9.94. The van der Waals surface area contributed by atoms with Crippen molar-refractivity contribution >= 4 is 11.6 Å². The number of hydrogen-bond acceptors (Lipinski definition) is 4. The Hall–Kier alpha value is -1.62. The topological polar surface area (TPSA) is 79.5 Å². The van der Waals surface area contributed by atoms with E-state index < -0.39 is 0 Å². The summed E-state index contributed by atoms with van der Waals surface area (Å²) in [6, 6.07) is 3.55. The molecular formula is C14H21N3O2. The minimum Gasteiger partial charge on any atom is -0.397 e. The number of carbonyl (C=O) groups excluding carboxylic acids is 1. The molecule has 1 saturated carbocycles.